The molecule has 1 amide bonds. The van der Waals surface area contributed by atoms with E-state index in [0.717, 1.165) is 5.56 Å². The van der Waals surface area contributed by atoms with E-state index in [2.05, 4.69) is 5.32 Å². The van der Waals surface area contributed by atoms with Gasteiger partial charge in [-0.2, -0.15) is 0 Å². The van der Waals surface area contributed by atoms with Crippen LogP contribution in [0.3, 0.4) is 0 Å². The summed E-state index contributed by atoms with van der Waals surface area (Å²) in [5.74, 6) is 0.433. The molecular formula is C20H24FNO4. The molecule has 0 radical (unpaired) electrons. The minimum Gasteiger partial charge on any atom is -0.497 e. The molecule has 0 heterocycles. The van der Waals surface area contributed by atoms with Crippen molar-refractivity contribution >= 4 is 5.91 Å². The van der Waals surface area contributed by atoms with Crippen molar-refractivity contribution in [3.63, 3.8) is 0 Å². The highest BCUT2D eigenvalue weighted by Crippen LogP contribution is 2.31. The Morgan fingerprint density at radius 3 is 2.31 bits per heavy atom. The van der Waals surface area contributed by atoms with E-state index >= 15 is 0 Å². The number of amides is 1. The van der Waals surface area contributed by atoms with Crippen LogP contribution in [0.15, 0.2) is 36.4 Å². The predicted molar refractivity (Wildman–Crippen MR) is 97.6 cm³/mol. The summed E-state index contributed by atoms with van der Waals surface area (Å²) in [4.78, 5) is 12.4. The summed E-state index contributed by atoms with van der Waals surface area (Å²) in [7, 11) is 3.00. The lowest BCUT2D eigenvalue weighted by atomic mass is 10.1. The van der Waals surface area contributed by atoms with Crippen LogP contribution in [0.25, 0.3) is 0 Å². The summed E-state index contributed by atoms with van der Waals surface area (Å²) in [6.45, 7) is 5.68. The van der Waals surface area contributed by atoms with Crippen LogP contribution in [-0.2, 0) is 0 Å². The molecule has 2 aromatic rings. The van der Waals surface area contributed by atoms with Crippen molar-refractivity contribution in [3.8, 4) is 17.2 Å². The maximum absolute atomic E-state index is 14.1. The van der Waals surface area contributed by atoms with E-state index in [1.54, 1.807) is 25.3 Å². The Labute approximate surface area is 153 Å². The van der Waals surface area contributed by atoms with Crippen LogP contribution in [0.4, 0.5) is 4.39 Å². The Kier molecular flexibility index (Phi) is 6.44. The molecule has 5 nitrogen and oxygen atoms in total. The fourth-order valence-electron chi connectivity index (χ4n) is 2.47. The molecule has 0 aromatic heterocycles. The van der Waals surface area contributed by atoms with Crippen LogP contribution in [0, 0.1) is 5.82 Å². The number of benzene rings is 2. The normalized spacial score (nSPS) is 11.8. The summed E-state index contributed by atoms with van der Waals surface area (Å²) in [5, 5.41) is 2.79. The lowest BCUT2D eigenvalue weighted by Gasteiger charge is -2.18. The van der Waals surface area contributed by atoms with Gasteiger partial charge in [-0.25, -0.2) is 4.39 Å². The van der Waals surface area contributed by atoms with Gasteiger partial charge in [0, 0.05) is 6.07 Å². The van der Waals surface area contributed by atoms with Gasteiger partial charge >= 0.3 is 0 Å². The van der Waals surface area contributed by atoms with Gasteiger partial charge < -0.3 is 19.5 Å². The molecule has 2 rings (SSSR count). The highest BCUT2D eigenvalue weighted by Gasteiger charge is 2.17. The highest BCUT2D eigenvalue weighted by molar-refractivity contribution is 5.94. The second-order valence-electron chi connectivity index (χ2n) is 6.12. The summed E-state index contributed by atoms with van der Waals surface area (Å²) in [5.41, 5.74) is 0.782. The molecule has 0 saturated carbocycles. The maximum atomic E-state index is 14.1. The van der Waals surface area contributed by atoms with Gasteiger partial charge in [0.15, 0.2) is 11.5 Å². The molecule has 1 unspecified atom stereocenters. The maximum Gasteiger partial charge on any atom is 0.254 e. The first kappa shape index (κ1) is 19.6. The minimum atomic E-state index is -0.632. The SMILES string of the molecule is COc1ccc(C(=O)NC(C)c2ccc(OC(C)C)c(OC)c2)c(F)c1. The average Bonchev–Trinajstić information content (AvgIpc) is 2.61. The van der Waals surface area contributed by atoms with E-state index in [4.69, 9.17) is 14.2 Å². The van der Waals surface area contributed by atoms with Crippen molar-refractivity contribution in [1.82, 2.24) is 5.32 Å². The van der Waals surface area contributed by atoms with Gasteiger partial charge in [-0.3, -0.25) is 4.79 Å². The Bertz CT molecular complexity index is 776. The number of halogens is 1. The van der Waals surface area contributed by atoms with Crippen LogP contribution in [0.5, 0.6) is 17.2 Å². The molecule has 0 saturated heterocycles. The lowest BCUT2D eigenvalue weighted by molar-refractivity contribution is 0.0935. The number of nitrogens with one attached hydrogen (secondary N) is 1. The number of carbonyl (C=O) groups excluding carboxylic acids is 1. The van der Waals surface area contributed by atoms with Crippen molar-refractivity contribution in [2.75, 3.05) is 14.2 Å². The smallest absolute Gasteiger partial charge is 0.254 e. The van der Waals surface area contributed by atoms with E-state index in [-0.39, 0.29) is 17.7 Å². The van der Waals surface area contributed by atoms with Gasteiger partial charge in [-0.05, 0) is 50.6 Å². The largest absolute Gasteiger partial charge is 0.497 e. The Morgan fingerprint density at radius 2 is 1.73 bits per heavy atom. The number of ether oxygens (including phenoxy) is 3. The number of hydrogen-bond acceptors (Lipinski definition) is 4. The van der Waals surface area contributed by atoms with Crippen LogP contribution in [-0.4, -0.2) is 26.2 Å². The van der Waals surface area contributed by atoms with Gasteiger partial charge in [0.25, 0.3) is 5.91 Å². The summed E-state index contributed by atoms with van der Waals surface area (Å²) >= 11 is 0. The quantitative estimate of drug-likeness (QED) is 0.806. The van der Waals surface area contributed by atoms with Crippen molar-refractivity contribution in [1.29, 1.82) is 0 Å². The van der Waals surface area contributed by atoms with Crippen LogP contribution in [0.2, 0.25) is 0 Å². The third-order valence-electron chi connectivity index (χ3n) is 3.82. The molecule has 140 valence electrons. The average molecular weight is 361 g/mol. The van der Waals surface area contributed by atoms with Crippen molar-refractivity contribution in [2.24, 2.45) is 0 Å². The highest BCUT2D eigenvalue weighted by atomic mass is 19.1. The fourth-order valence-corrected chi connectivity index (χ4v) is 2.47. The Morgan fingerprint density at radius 1 is 1.00 bits per heavy atom. The monoisotopic (exact) mass is 361 g/mol. The molecule has 26 heavy (non-hydrogen) atoms. The first-order chi connectivity index (χ1) is 12.3. The molecule has 0 aliphatic rings. The first-order valence-electron chi connectivity index (χ1n) is 8.34. The van der Waals surface area contributed by atoms with Crippen molar-refractivity contribution in [2.45, 2.75) is 32.9 Å². The first-order valence-corrected chi connectivity index (χ1v) is 8.34. The van der Waals surface area contributed by atoms with Crippen LogP contribution in [0.1, 0.15) is 42.7 Å². The van der Waals surface area contributed by atoms with E-state index < -0.39 is 11.7 Å². The summed E-state index contributed by atoms with van der Waals surface area (Å²) < 4.78 is 30.0. The molecule has 0 fully saturated rings. The number of methoxy groups -OCH3 is 2. The van der Waals surface area contributed by atoms with E-state index in [1.807, 2.05) is 26.8 Å². The van der Waals surface area contributed by atoms with Gasteiger partial charge in [0.05, 0.1) is 31.9 Å². The zero-order valence-corrected chi connectivity index (χ0v) is 15.6. The Hall–Kier alpha value is -2.76. The van der Waals surface area contributed by atoms with Gasteiger partial charge in [-0.1, -0.05) is 6.07 Å². The third-order valence-corrected chi connectivity index (χ3v) is 3.82. The zero-order valence-electron chi connectivity index (χ0n) is 15.6. The molecule has 0 spiro atoms. The number of rotatable bonds is 7. The number of carbonyl (C=O) groups is 1. The number of hydrogen-bond donors (Lipinski definition) is 1. The molecule has 0 aliphatic heterocycles. The van der Waals surface area contributed by atoms with Crippen LogP contribution < -0.4 is 19.5 Å². The Balaban J connectivity index is 2.16. The van der Waals surface area contributed by atoms with E-state index in [0.29, 0.717) is 17.2 Å². The van der Waals surface area contributed by atoms with Gasteiger partial charge in [-0.15, -0.1) is 0 Å². The lowest BCUT2D eigenvalue weighted by Crippen LogP contribution is -2.27. The molecule has 0 bridgehead atoms. The fraction of sp³-hybridized carbons (Fsp3) is 0.350. The standard InChI is InChI=1S/C20H24FNO4/c1-12(2)26-18-9-6-14(10-19(18)25-5)13(3)22-20(23)16-8-7-15(24-4)11-17(16)21/h6-13H,1-5H3,(H,22,23). The van der Waals surface area contributed by atoms with Gasteiger partial charge in [0.1, 0.15) is 11.6 Å². The molecule has 2 aromatic carbocycles. The molecule has 1 atom stereocenters. The zero-order chi connectivity index (χ0) is 19.3. The topological polar surface area (TPSA) is 56.8 Å². The van der Waals surface area contributed by atoms with Crippen LogP contribution >= 0.6 is 0 Å². The molecule has 6 heteroatoms. The molecule has 1 N–H and O–H groups in total. The van der Waals surface area contributed by atoms with Gasteiger partial charge in [0.2, 0.25) is 0 Å². The van der Waals surface area contributed by atoms with E-state index in [1.165, 1.54) is 19.2 Å². The second-order valence-corrected chi connectivity index (χ2v) is 6.12. The van der Waals surface area contributed by atoms with Crippen molar-refractivity contribution in [3.05, 3.63) is 53.3 Å². The van der Waals surface area contributed by atoms with E-state index in [9.17, 15) is 9.18 Å². The minimum absolute atomic E-state index is 0.0184. The second kappa shape index (κ2) is 8.56. The summed E-state index contributed by atoms with van der Waals surface area (Å²) in [6, 6.07) is 9.22. The molecular weight excluding hydrogens is 337 g/mol. The third kappa shape index (κ3) is 4.65. The van der Waals surface area contributed by atoms with Crippen molar-refractivity contribution < 1.29 is 23.4 Å². The summed E-state index contributed by atoms with van der Waals surface area (Å²) in [6.07, 6.45) is 0.0184. The molecule has 0 aliphatic carbocycles. The predicted octanol–water partition coefficient (Wildman–Crippen LogP) is 4.12.